The molecule has 0 bridgehead atoms. The minimum atomic E-state index is 0.337. The normalized spacial score (nSPS) is 20.3. The van der Waals surface area contributed by atoms with E-state index in [1.807, 2.05) is 17.2 Å². The zero-order valence-corrected chi connectivity index (χ0v) is 11.5. The van der Waals surface area contributed by atoms with Crippen molar-refractivity contribution in [2.45, 2.75) is 26.2 Å². The molecule has 1 saturated carbocycles. The van der Waals surface area contributed by atoms with Gasteiger partial charge in [0.25, 0.3) is 0 Å². The van der Waals surface area contributed by atoms with Crippen LogP contribution in [0.1, 0.15) is 24.8 Å². The van der Waals surface area contributed by atoms with Gasteiger partial charge in [-0.15, -0.1) is 0 Å². The Hall–Kier alpha value is -1.58. The molecule has 2 heterocycles. The number of anilines is 1. The average molecular weight is 259 g/mol. The summed E-state index contributed by atoms with van der Waals surface area (Å²) in [6.07, 6.45) is 5.09. The largest absolute Gasteiger partial charge is 0.355 e. The highest BCUT2D eigenvalue weighted by Crippen LogP contribution is 2.31. The van der Waals surface area contributed by atoms with Gasteiger partial charge in [-0.25, -0.2) is 4.98 Å². The molecule has 4 nitrogen and oxygen atoms in total. The van der Waals surface area contributed by atoms with Crippen LogP contribution in [0.5, 0.6) is 0 Å². The number of amides is 1. The van der Waals surface area contributed by atoms with E-state index >= 15 is 0 Å². The Morgan fingerprint density at radius 1 is 1.26 bits per heavy atom. The van der Waals surface area contributed by atoms with E-state index in [0.29, 0.717) is 11.8 Å². The summed E-state index contributed by atoms with van der Waals surface area (Å²) in [5, 5.41) is 0. The van der Waals surface area contributed by atoms with E-state index in [1.165, 1.54) is 5.56 Å². The van der Waals surface area contributed by atoms with Crippen molar-refractivity contribution in [3.63, 3.8) is 0 Å². The van der Waals surface area contributed by atoms with Crippen LogP contribution in [0.4, 0.5) is 5.82 Å². The number of aromatic nitrogens is 1. The van der Waals surface area contributed by atoms with Crippen LogP contribution in [0.25, 0.3) is 0 Å². The van der Waals surface area contributed by atoms with Gasteiger partial charge in [0.1, 0.15) is 5.82 Å². The molecule has 1 aliphatic heterocycles. The molecule has 1 aliphatic carbocycles. The molecular formula is C15H21N3O. The molecule has 2 fully saturated rings. The number of hydrogen-bond acceptors (Lipinski definition) is 3. The molecule has 0 spiro atoms. The summed E-state index contributed by atoms with van der Waals surface area (Å²) in [5.41, 5.74) is 1.24. The molecule has 4 heteroatoms. The van der Waals surface area contributed by atoms with Crippen molar-refractivity contribution >= 4 is 11.7 Å². The van der Waals surface area contributed by atoms with Crippen molar-refractivity contribution in [3.8, 4) is 0 Å². The summed E-state index contributed by atoms with van der Waals surface area (Å²) in [4.78, 5) is 20.9. The average Bonchev–Trinajstić information content (AvgIpc) is 3.24. The molecule has 0 N–H and O–H groups in total. The third kappa shape index (κ3) is 2.88. The number of pyridine rings is 1. The Morgan fingerprint density at radius 3 is 2.84 bits per heavy atom. The lowest BCUT2D eigenvalue weighted by atomic mass is 10.3. The molecule has 0 unspecified atom stereocenters. The molecule has 1 amide bonds. The fourth-order valence-electron chi connectivity index (χ4n) is 2.65. The Kier molecular flexibility index (Phi) is 3.40. The van der Waals surface area contributed by atoms with Crippen molar-refractivity contribution in [1.29, 1.82) is 0 Å². The maximum absolute atomic E-state index is 12.1. The van der Waals surface area contributed by atoms with Crippen LogP contribution >= 0.6 is 0 Å². The first-order valence-electron chi connectivity index (χ1n) is 7.20. The lowest BCUT2D eigenvalue weighted by Gasteiger charge is -2.23. The van der Waals surface area contributed by atoms with E-state index in [2.05, 4.69) is 22.9 Å². The molecule has 0 atom stereocenters. The second kappa shape index (κ2) is 5.19. The molecule has 2 aliphatic rings. The standard InChI is InChI=1S/C15H21N3O/c1-12-5-6-16-14(11-12)17-7-2-8-18(10-9-17)15(19)13-3-4-13/h5-6,11,13H,2-4,7-10H2,1H3. The lowest BCUT2D eigenvalue weighted by molar-refractivity contribution is -0.132. The number of hydrogen-bond donors (Lipinski definition) is 0. The van der Waals surface area contributed by atoms with Crippen molar-refractivity contribution in [3.05, 3.63) is 23.9 Å². The van der Waals surface area contributed by atoms with Crippen LogP contribution in [0.15, 0.2) is 18.3 Å². The van der Waals surface area contributed by atoms with Gasteiger partial charge >= 0.3 is 0 Å². The molecule has 102 valence electrons. The van der Waals surface area contributed by atoms with E-state index < -0.39 is 0 Å². The Bertz CT molecular complexity index is 470. The highest BCUT2D eigenvalue weighted by Gasteiger charge is 2.33. The summed E-state index contributed by atoms with van der Waals surface area (Å²) in [5.74, 6) is 1.75. The van der Waals surface area contributed by atoms with Crippen LogP contribution in [-0.4, -0.2) is 42.0 Å². The molecule has 19 heavy (non-hydrogen) atoms. The molecule has 0 aromatic carbocycles. The summed E-state index contributed by atoms with van der Waals surface area (Å²) in [7, 11) is 0. The van der Waals surface area contributed by atoms with E-state index in [9.17, 15) is 4.79 Å². The number of carbonyl (C=O) groups is 1. The lowest BCUT2D eigenvalue weighted by Crippen LogP contribution is -2.36. The fourth-order valence-corrected chi connectivity index (χ4v) is 2.65. The summed E-state index contributed by atoms with van der Waals surface area (Å²) in [6, 6.07) is 4.14. The first-order valence-corrected chi connectivity index (χ1v) is 7.20. The first-order chi connectivity index (χ1) is 9.24. The van der Waals surface area contributed by atoms with Crippen LogP contribution in [0, 0.1) is 12.8 Å². The van der Waals surface area contributed by atoms with E-state index in [0.717, 1.165) is 51.3 Å². The van der Waals surface area contributed by atoms with Gasteiger partial charge in [0, 0.05) is 38.3 Å². The highest BCUT2D eigenvalue weighted by molar-refractivity contribution is 5.81. The van der Waals surface area contributed by atoms with Crippen LogP contribution < -0.4 is 4.90 Å². The van der Waals surface area contributed by atoms with Crippen molar-refractivity contribution in [2.75, 3.05) is 31.1 Å². The van der Waals surface area contributed by atoms with Crippen LogP contribution in [0.3, 0.4) is 0 Å². The second-order valence-corrected chi connectivity index (χ2v) is 5.63. The Morgan fingerprint density at radius 2 is 2.11 bits per heavy atom. The van der Waals surface area contributed by atoms with E-state index in [4.69, 9.17) is 0 Å². The van der Waals surface area contributed by atoms with Crippen LogP contribution in [-0.2, 0) is 4.79 Å². The highest BCUT2D eigenvalue weighted by atomic mass is 16.2. The second-order valence-electron chi connectivity index (χ2n) is 5.63. The predicted molar refractivity (Wildman–Crippen MR) is 75.1 cm³/mol. The number of nitrogens with zero attached hydrogens (tertiary/aromatic N) is 3. The summed E-state index contributed by atoms with van der Waals surface area (Å²) < 4.78 is 0. The minimum Gasteiger partial charge on any atom is -0.355 e. The monoisotopic (exact) mass is 259 g/mol. The number of carbonyl (C=O) groups excluding carboxylic acids is 1. The number of rotatable bonds is 2. The predicted octanol–water partition coefficient (Wildman–Crippen LogP) is 1.84. The minimum absolute atomic E-state index is 0.337. The zero-order chi connectivity index (χ0) is 13.2. The van der Waals surface area contributed by atoms with E-state index in [1.54, 1.807) is 0 Å². The molecule has 1 saturated heterocycles. The number of aryl methyl sites for hydroxylation is 1. The quantitative estimate of drug-likeness (QED) is 0.813. The molecular weight excluding hydrogens is 238 g/mol. The van der Waals surface area contributed by atoms with Gasteiger partial charge in [-0.05, 0) is 43.9 Å². The topological polar surface area (TPSA) is 36.4 Å². The van der Waals surface area contributed by atoms with Gasteiger partial charge < -0.3 is 9.80 Å². The SMILES string of the molecule is Cc1ccnc(N2CCCN(C(=O)C3CC3)CC2)c1. The maximum Gasteiger partial charge on any atom is 0.225 e. The third-order valence-corrected chi connectivity index (χ3v) is 3.96. The van der Waals surface area contributed by atoms with Gasteiger partial charge in [-0.2, -0.15) is 0 Å². The summed E-state index contributed by atoms with van der Waals surface area (Å²) in [6.45, 7) is 5.72. The van der Waals surface area contributed by atoms with Gasteiger partial charge in [-0.1, -0.05) is 0 Å². The van der Waals surface area contributed by atoms with Gasteiger partial charge in [-0.3, -0.25) is 4.79 Å². The third-order valence-electron chi connectivity index (χ3n) is 3.96. The van der Waals surface area contributed by atoms with E-state index in [-0.39, 0.29) is 0 Å². The summed E-state index contributed by atoms with van der Waals surface area (Å²) >= 11 is 0. The van der Waals surface area contributed by atoms with Gasteiger partial charge in [0.2, 0.25) is 5.91 Å². The van der Waals surface area contributed by atoms with Crippen molar-refractivity contribution in [1.82, 2.24) is 9.88 Å². The molecule has 3 rings (SSSR count). The fraction of sp³-hybridized carbons (Fsp3) is 0.600. The molecule has 0 radical (unpaired) electrons. The van der Waals surface area contributed by atoms with Gasteiger partial charge in [0.05, 0.1) is 0 Å². The molecule has 1 aromatic rings. The van der Waals surface area contributed by atoms with Crippen molar-refractivity contribution in [2.24, 2.45) is 5.92 Å². The van der Waals surface area contributed by atoms with Crippen LogP contribution in [0.2, 0.25) is 0 Å². The zero-order valence-electron chi connectivity index (χ0n) is 11.5. The van der Waals surface area contributed by atoms with Gasteiger partial charge in [0.15, 0.2) is 0 Å². The first kappa shape index (κ1) is 12.5. The maximum atomic E-state index is 12.1. The van der Waals surface area contributed by atoms with Crippen molar-refractivity contribution < 1.29 is 4.79 Å². The Labute approximate surface area is 114 Å². The molecule has 1 aromatic heterocycles. The Balaban J connectivity index is 1.65. The smallest absolute Gasteiger partial charge is 0.225 e.